The molecular formula is C15H24O. The van der Waals surface area contributed by atoms with E-state index in [1.54, 1.807) is 6.92 Å². The maximum absolute atomic E-state index is 11.7. The summed E-state index contributed by atoms with van der Waals surface area (Å²) < 4.78 is 0. The Labute approximate surface area is 99.3 Å². The first kappa shape index (κ1) is 11.9. The number of carbonyl (C=O) groups excluding carboxylic acids is 1. The predicted molar refractivity (Wildman–Crippen MR) is 67.1 cm³/mol. The summed E-state index contributed by atoms with van der Waals surface area (Å²) in [6.45, 7) is 10.6. The van der Waals surface area contributed by atoms with Crippen LogP contribution in [-0.4, -0.2) is 5.78 Å². The highest BCUT2D eigenvalue weighted by molar-refractivity contribution is 5.79. The molecule has 90 valence electrons. The Morgan fingerprint density at radius 2 is 2.00 bits per heavy atom. The average molecular weight is 220 g/mol. The van der Waals surface area contributed by atoms with E-state index in [0.29, 0.717) is 29.5 Å². The van der Waals surface area contributed by atoms with Crippen LogP contribution >= 0.6 is 0 Å². The van der Waals surface area contributed by atoms with Crippen LogP contribution in [0.2, 0.25) is 0 Å². The van der Waals surface area contributed by atoms with Crippen LogP contribution in [0.4, 0.5) is 0 Å². The quantitative estimate of drug-likeness (QED) is 0.646. The third kappa shape index (κ3) is 1.85. The number of fused-ring (bicyclic) bond motifs is 1. The summed E-state index contributed by atoms with van der Waals surface area (Å²) in [6.07, 6.45) is 4.75. The fourth-order valence-electron chi connectivity index (χ4n) is 4.08. The van der Waals surface area contributed by atoms with Crippen molar-refractivity contribution in [2.24, 2.45) is 29.6 Å². The van der Waals surface area contributed by atoms with E-state index in [1.165, 1.54) is 24.8 Å². The third-order valence-corrected chi connectivity index (χ3v) is 4.91. The minimum Gasteiger partial charge on any atom is -0.300 e. The number of ketones is 1. The van der Waals surface area contributed by atoms with Gasteiger partial charge >= 0.3 is 0 Å². The third-order valence-electron chi connectivity index (χ3n) is 4.91. The van der Waals surface area contributed by atoms with Crippen molar-refractivity contribution in [2.45, 2.75) is 46.5 Å². The second-order valence-corrected chi connectivity index (χ2v) is 6.08. The number of Topliss-reactive ketones (excluding diaryl/α,β-unsaturated/α-hetero) is 1. The van der Waals surface area contributed by atoms with Crippen molar-refractivity contribution < 1.29 is 4.79 Å². The van der Waals surface area contributed by atoms with E-state index in [2.05, 4.69) is 20.4 Å². The number of hydrogen-bond acceptors (Lipinski definition) is 1. The molecule has 0 bridgehead atoms. The summed E-state index contributed by atoms with van der Waals surface area (Å²) in [7, 11) is 0. The van der Waals surface area contributed by atoms with Gasteiger partial charge in [-0.2, -0.15) is 0 Å². The molecule has 2 fully saturated rings. The molecular weight excluding hydrogens is 196 g/mol. The molecule has 2 aliphatic rings. The Balaban J connectivity index is 2.25. The molecule has 0 aromatic carbocycles. The van der Waals surface area contributed by atoms with Crippen molar-refractivity contribution >= 4 is 5.78 Å². The molecule has 0 unspecified atom stereocenters. The van der Waals surface area contributed by atoms with Crippen LogP contribution in [0, 0.1) is 29.6 Å². The second kappa shape index (κ2) is 4.35. The average Bonchev–Trinajstić information content (AvgIpc) is 2.62. The smallest absolute Gasteiger partial charge is 0.133 e. The van der Waals surface area contributed by atoms with Gasteiger partial charge in [0.25, 0.3) is 0 Å². The van der Waals surface area contributed by atoms with Gasteiger partial charge in [-0.05, 0) is 56.3 Å². The lowest BCUT2D eigenvalue weighted by Gasteiger charge is -2.40. The van der Waals surface area contributed by atoms with E-state index >= 15 is 0 Å². The Morgan fingerprint density at radius 3 is 2.56 bits per heavy atom. The van der Waals surface area contributed by atoms with Crippen molar-refractivity contribution in [3.63, 3.8) is 0 Å². The van der Waals surface area contributed by atoms with E-state index in [0.717, 1.165) is 12.3 Å². The minimum atomic E-state index is 0.328. The zero-order valence-corrected chi connectivity index (χ0v) is 10.8. The molecule has 2 rings (SSSR count). The molecule has 0 aliphatic heterocycles. The number of rotatable bonds is 2. The summed E-state index contributed by atoms with van der Waals surface area (Å²) in [5.41, 5.74) is 1.42. The van der Waals surface area contributed by atoms with Gasteiger partial charge in [-0.1, -0.05) is 26.0 Å². The van der Waals surface area contributed by atoms with Gasteiger partial charge in [0.05, 0.1) is 0 Å². The monoisotopic (exact) mass is 220 g/mol. The first-order valence-electron chi connectivity index (χ1n) is 6.70. The van der Waals surface area contributed by atoms with Crippen LogP contribution in [-0.2, 0) is 4.79 Å². The molecule has 0 spiro atoms. The van der Waals surface area contributed by atoms with Crippen LogP contribution in [0.25, 0.3) is 0 Å². The van der Waals surface area contributed by atoms with E-state index in [4.69, 9.17) is 0 Å². The van der Waals surface area contributed by atoms with Crippen molar-refractivity contribution in [2.75, 3.05) is 0 Å². The zero-order chi connectivity index (χ0) is 11.9. The molecule has 2 aliphatic carbocycles. The summed E-state index contributed by atoms with van der Waals surface area (Å²) in [6, 6.07) is 0. The maximum atomic E-state index is 11.7. The molecule has 0 N–H and O–H groups in total. The van der Waals surface area contributed by atoms with Crippen molar-refractivity contribution in [3.05, 3.63) is 12.2 Å². The molecule has 4 atom stereocenters. The lowest BCUT2D eigenvalue weighted by atomic mass is 9.64. The molecule has 0 radical (unpaired) electrons. The molecule has 16 heavy (non-hydrogen) atoms. The van der Waals surface area contributed by atoms with E-state index in [9.17, 15) is 4.79 Å². The topological polar surface area (TPSA) is 17.1 Å². The van der Waals surface area contributed by atoms with Crippen molar-refractivity contribution in [3.8, 4) is 0 Å². The van der Waals surface area contributed by atoms with Gasteiger partial charge in [0, 0.05) is 5.92 Å². The number of hydrogen-bond donors (Lipinski definition) is 0. The van der Waals surface area contributed by atoms with Gasteiger partial charge in [0.15, 0.2) is 0 Å². The van der Waals surface area contributed by atoms with Gasteiger partial charge in [-0.25, -0.2) is 0 Å². The Hall–Kier alpha value is -0.590. The first-order chi connectivity index (χ1) is 7.52. The first-order valence-corrected chi connectivity index (χ1v) is 6.70. The predicted octanol–water partition coefficient (Wildman–Crippen LogP) is 3.84. The minimum absolute atomic E-state index is 0.328. The molecule has 1 heteroatoms. The number of carbonyl (C=O) groups is 1. The van der Waals surface area contributed by atoms with Crippen LogP contribution in [0.5, 0.6) is 0 Å². The Kier molecular flexibility index (Phi) is 3.23. The zero-order valence-electron chi connectivity index (χ0n) is 10.8. The largest absolute Gasteiger partial charge is 0.300 e. The van der Waals surface area contributed by atoms with Gasteiger partial charge in [0.1, 0.15) is 5.78 Å². The van der Waals surface area contributed by atoms with Crippen LogP contribution < -0.4 is 0 Å². The normalized spacial score (nSPS) is 38.9. The van der Waals surface area contributed by atoms with Gasteiger partial charge in [-0.3, -0.25) is 4.79 Å². The molecule has 0 aromatic heterocycles. The summed E-state index contributed by atoms with van der Waals surface area (Å²) in [4.78, 5) is 11.7. The molecule has 0 saturated heterocycles. The fraction of sp³-hybridized carbons (Fsp3) is 0.800. The summed E-state index contributed by atoms with van der Waals surface area (Å²) >= 11 is 0. The highest BCUT2D eigenvalue weighted by Gasteiger charge is 2.46. The molecule has 0 heterocycles. The van der Waals surface area contributed by atoms with Gasteiger partial charge in [0.2, 0.25) is 0 Å². The van der Waals surface area contributed by atoms with Gasteiger partial charge < -0.3 is 0 Å². The maximum Gasteiger partial charge on any atom is 0.133 e. The second-order valence-electron chi connectivity index (χ2n) is 6.08. The van der Waals surface area contributed by atoms with E-state index in [1.807, 2.05) is 0 Å². The van der Waals surface area contributed by atoms with Crippen molar-refractivity contribution in [1.82, 2.24) is 0 Å². The van der Waals surface area contributed by atoms with Crippen molar-refractivity contribution in [1.29, 1.82) is 0 Å². The molecule has 0 aromatic rings. The Morgan fingerprint density at radius 1 is 1.31 bits per heavy atom. The number of allylic oxidation sites excluding steroid dienone is 1. The molecule has 1 nitrogen and oxygen atoms in total. The highest BCUT2D eigenvalue weighted by Crippen LogP contribution is 2.52. The SMILES string of the molecule is C=C1CC[C@@H](C(C)C)[C@@H]2[C@@H](C(C)=O)CC[C@@H]12. The lowest BCUT2D eigenvalue weighted by molar-refractivity contribution is -0.123. The standard InChI is InChI=1S/C15H24O/c1-9(2)12-6-5-10(3)13-7-8-14(11(4)16)15(12)13/h9,12-15H,3,5-8H2,1-2,4H3/t12-,13-,14+,15-/m0/s1. The lowest BCUT2D eigenvalue weighted by Crippen LogP contribution is -2.35. The molecule has 2 saturated carbocycles. The molecule has 0 amide bonds. The van der Waals surface area contributed by atoms with Gasteiger partial charge in [-0.15, -0.1) is 0 Å². The van der Waals surface area contributed by atoms with E-state index < -0.39 is 0 Å². The fourth-order valence-corrected chi connectivity index (χ4v) is 4.08. The van der Waals surface area contributed by atoms with Crippen LogP contribution in [0.15, 0.2) is 12.2 Å². The summed E-state index contributed by atoms with van der Waals surface area (Å²) in [5.74, 6) is 3.45. The Bertz CT molecular complexity index is 297. The highest BCUT2D eigenvalue weighted by atomic mass is 16.1. The van der Waals surface area contributed by atoms with Crippen LogP contribution in [0.1, 0.15) is 46.5 Å². The van der Waals surface area contributed by atoms with E-state index in [-0.39, 0.29) is 0 Å². The summed E-state index contributed by atoms with van der Waals surface area (Å²) in [5, 5.41) is 0. The van der Waals surface area contributed by atoms with Crippen LogP contribution in [0.3, 0.4) is 0 Å².